The van der Waals surface area contributed by atoms with Crippen LogP contribution in [0.2, 0.25) is 0 Å². The van der Waals surface area contributed by atoms with Crippen LogP contribution in [0.3, 0.4) is 0 Å². The number of aryl methyl sites for hydroxylation is 3. The highest BCUT2D eigenvalue weighted by Crippen LogP contribution is 2.25. The molecule has 1 saturated heterocycles. The third kappa shape index (κ3) is 5.63. The number of rotatable bonds is 7. The predicted octanol–water partition coefficient (Wildman–Crippen LogP) is 3.05. The molecule has 1 fully saturated rings. The Balaban J connectivity index is 1.74. The van der Waals surface area contributed by atoms with Gasteiger partial charge in [-0.05, 0) is 62.9 Å². The van der Waals surface area contributed by atoms with Crippen LogP contribution in [0.1, 0.15) is 36.0 Å². The Morgan fingerprint density at radius 3 is 2.18 bits per heavy atom. The summed E-state index contributed by atoms with van der Waals surface area (Å²) in [5.74, 6) is -0.559. The first-order valence-electron chi connectivity index (χ1n) is 10.9. The summed E-state index contributed by atoms with van der Waals surface area (Å²) in [6, 6.07) is 9.63. The second kappa shape index (κ2) is 9.92. The first-order chi connectivity index (χ1) is 15.4. The van der Waals surface area contributed by atoms with E-state index in [1.165, 1.54) is 23.5 Å². The number of benzene rings is 2. The zero-order valence-electron chi connectivity index (χ0n) is 19.5. The molecule has 0 bridgehead atoms. The smallest absolute Gasteiger partial charge is 0.243 e. The maximum absolute atomic E-state index is 13.1. The summed E-state index contributed by atoms with van der Waals surface area (Å²) in [6.07, 6.45) is 2.67. The van der Waals surface area contributed by atoms with Gasteiger partial charge in [0.15, 0.2) is 0 Å². The van der Waals surface area contributed by atoms with E-state index in [1.807, 2.05) is 6.92 Å². The Kier molecular flexibility index (Phi) is 7.62. The van der Waals surface area contributed by atoms with E-state index in [0.29, 0.717) is 29.9 Å². The molecule has 0 radical (unpaired) electrons. The SMILES string of the molecule is Cc1cc(C)c(S(=O)(=O)N(C)CC(=O)Nc2cccc(S(=O)(=O)N3CCCCC3)c2)c(C)c1. The Morgan fingerprint density at radius 2 is 1.58 bits per heavy atom. The van der Waals surface area contributed by atoms with E-state index in [-0.39, 0.29) is 9.79 Å². The highest BCUT2D eigenvalue weighted by molar-refractivity contribution is 7.89. The van der Waals surface area contributed by atoms with Crippen molar-refractivity contribution in [2.75, 3.05) is 32.0 Å². The minimum atomic E-state index is -3.88. The molecule has 0 saturated carbocycles. The van der Waals surface area contributed by atoms with Gasteiger partial charge >= 0.3 is 0 Å². The molecule has 2 aromatic rings. The number of sulfonamides is 2. The number of anilines is 1. The summed E-state index contributed by atoms with van der Waals surface area (Å²) in [6.45, 7) is 5.92. The second-order valence-corrected chi connectivity index (χ2v) is 12.4. The fraction of sp³-hybridized carbons (Fsp3) is 0.435. The van der Waals surface area contributed by atoms with Crippen molar-refractivity contribution in [2.45, 2.75) is 49.8 Å². The first-order valence-corrected chi connectivity index (χ1v) is 13.7. The summed E-state index contributed by atoms with van der Waals surface area (Å²) in [5, 5.41) is 2.62. The van der Waals surface area contributed by atoms with E-state index in [2.05, 4.69) is 5.32 Å². The van der Waals surface area contributed by atoms with Gasteiger partial charge in [-0.15, -0.1) is 0 Å². The average molecular weight is 494 g/mol. The number of piperidine rings is 1. The van der Waals surface area contributed by atoms with Crippen molar-refractivity contribution in [3.63, 3.8) is 0 Å². The van der Waals surface area contributed by atoms with E-state index in [9.17, 15) is 21.6 Å². The molecule has 3 rings (SSSR count). The Morgan fingerprint density at radius 1 is 0.970 bits per heavy atom. The van der Waals surface area contributed by atoms with Crippen molar-refractivity contribution in [1.82, 2.24) is 8.61 Å². The molecule has 1 amide bonds. The quantitative estimate of drug-likeness (QED) is 0.639. The molecule has 1 heterocycles. The number of likely N-dealkylation sites (N-methyl/N-ethyl adjacent to an activating group) is 1. The number of nitrogens with one attached hydrogen (secondary N) is 1. The molecule has 1 N–H and O–H groups in total. The molecule has 10 heteroatoms. The van der Waals surface area contributed by atoms with Crippen LogP contribution in [-0.2, 0) is 24.8 Å². The molecule has 0 aliphatic carbocycles. The number of carbonyl (C=O) groups is 1. The van der Waals surface area contributed by atoms with Gasteiger partial charge in [-0.2, -0.15) is 8.61 Å². The topological polar surface area (TPSA) is 104 Å². The third-order valence-corrected chi connectivity index (χ3v) is 9.71. The summed E-state index contributed by atoms with van der Waals surface area (Å²) < 4.78 is 54.5. The van der Waals surface area contributed by atoms with Gasteiger partial charge in [0.25, 0.3) is 0 Å². The van der Waals surface area contributed by atoms with Crippen LogP contribution < -0.4 is 5.32 Å². The lowest BCUT2D eigenvalue weighted by atomic mass is 10.1. The molecular formula is C23H31N3O5S2. The van der Waals surface area contributed by atoms with Crippen molar-refractivity contribution >= 4 is 31.6 Å². The van der Waals surface area contributed by atoms with Gasteiger partial charge in [-0.3, -0.25) is 4.79 Å². The van der Waals surface area contributed by atoms with E-state index in [0.717, 1.165) is 29.1 Å². The van der Waals surface area contributed by atoms with Crippen LogP contribution in [0.4, 0.5) is 5.69 Å². The van der Waals surface area contributed by atoms with E-state index in [4.69, 9.17) is 0 Å². The minimum Gasteiger partial charge on any atom is -0.325 e. The van der Waals surface area contributed by atoms with Crippen molar-refractivity contribution in [2.24, 2.45) is 0 Å². The summed E-state index contributed by atoms with van der Waals surface area (Å²) in [5.41, 5.74) is 2.50. The molecule has 0 atom stereocenters. The van der Waals surface area contributed by atoms with Crippen LogP contribution in [0, 0.1) is 20.8 Å². The standard InChI is InChI=1S/C23H31N3O5S2/c1-17-13-18(2)23(19(3)14-17)33(30,31)25(4)16-22(27)24-20-9-8-10-21(15-20)32(28,29)26-11-6-5-7-12-26/h8-10,13-15H,5-7,11-12,16H2,1-4H3,(H,24,27). The van der Waals surface area contributed by atoms with E-state index < -0.39 is 32.5 Å². The fourth-order valence-electron chi connectivity index (χ4n) is 4.21. The molecule has 2 aromatic carbocycles. The van der Waals surface area contributed by atoms with Crippen LogP contribution in [0.15, 0.2) is 46.2 Å². The Labute approximate surface area is 196 Å². The number of carbonyl (C=O) groups excluding carboxylic acids is 1. The zero-order chi connectivity index (χ0) is 24.4. The van der Waals surface area contributed by atoms with Crippen LogP contribution in [0.25, 0.3) is 0 Å². The van der Waals surface area contributed by atoms with E-state index in [1.54, 1.807) is 38.1 Å². The van der Waals surface area contributed by atoms with E-state index >= 15 is 0 Å². The molecule has 180 valence electrons. The molecular weight excluding hydrogens is 462 g/mol. The number of nitrogens with zero attached hydrogens (tertiary/aromatic N) is 2. The van der Waals surface area contributed by atoms with Crippen LogP contribution in [-0.4, -0.2) is 58.0 Å². The van der Waals surface area contributed by atoms with Crippen LogP contribution in [0.5, 0.6) is 0 Å². The maximum atomic E-state index is 13.1. The number of hydrogen-bond acceptors (Lipinski definition) is 5. The number of amides is 1. The zero-order valence-corrected chi connectivity index (χ0v) is 21.1. The van der Waals surface area contributed by atoms with Gasteiger partial charge in [0.1, 0.15) is 0 Å². The summed E-state index contributed by atoms with van der Waals surface area (Å²) in [4.78, 5) is 12.9. The highest BCUT2D eigenvalue weighted by Gasteiger charge is 2.28. The van der Waals surface area contributed by atoms with Gasteiger partial charge in [-0.1, -0.05) is 30.2 Å². The Hall–Kier alpha value is -2.27. The average Bonchev–Trinajstić information content (AvgIpc) is 2.73. The normalized spacial score (nSPS) is 15.5. The highest BCUT2D eigenvalue weighted by atomic mass is 32.2. The fourth-order valence-corrected chi connectivity index (χ4v) is 7.30. The molecule has 0 spiro atoms. The largest absolute Gasteiger partial charge is 0.325 e. The monoisotopic (exact) mass is 493 g/mol. The molecule has 8 nitrogen and oxygen atoms in total. The lowest BCUT2D eigenvalue weighted by Gasteiger charge is -2.26. The van der Waals surface area contributed by atoms with Gasteiger partial charge in [-0.25, -0.2) is 16.8 Å². The van der Waals surface area contributed by atoms with Crippen molar-refractivity contribution in [3.05, 3.63) is 53.1 Å². The lowest BCUT2D eigenvalue weighted by molar-refractivity contribution is -0.116. The van der Waals surface area contributed by atoms with Gasteiger partial charge < -0.3 is 5.32 Å². The molecule has 0 unspecified atom stereocenters. The van der Waals surface area contributed by atoms with Gasteiger partial charge in [0.05, 0.1) is 16.3 Å². The van der Waals surface area contributed by atoms with Crippen molar-refractivity contribution in [1.29, 1.82) is 0 Å². The summed E-state index contributed by atoms with van der Waals surface area (Å²) in [7, 11) is -6.17. The lowest BCUT2D eigenvalue weighted by Crippen LogP contribution is -2.36. The first kappa shape index (κ1) is 25.4. The summed E-state index contributed by atoms with van der Waals surface area (Å²) >= 11 is 0. The second-order valence-electron chi connectivity index (χ2n) is 8.53. The molecule has 1 aliphatic rings. The van der Waals surface area contributed by atoms with Crippen LogP contribution >= 0.6 is 0 Å². The Bertz CT molecular complexity index is 1230. The predicted molar refractivity (Wildman–Crippen MR) is 128 cm³/mol. The maximum Gasteiger partial charge on any atom is 0.243 e. The number of hydrogen-bond donors (Lipinski definition) is 1. The molecule has 33 heavy (non-hydrogen) atoms. The minimum absolute atomic E-state index is 0.106. The van der Waals surface area contributed by atoms with Crippen molar-refractivity contribution < 1.29 is 21.6 Å². The van der Waals surface area contributed by atoms with Gasteiger partial charge in [0, 0.05) is 25.8 Å². The van der Waals surface area contributed by atoms with Gasteiger partial charge in [0.2, 0.25) is 26.0 Å². The molecule has 0 aromatic heterocycles. The molecule has 1 aliphatic heterocycles. The third-order valence-electron chi connectivity index (χ3n) is 5.71. The van der Waals surface area contributed by atoms with Crippen molar-refractivity contribution in [3.8, 4) is 0 Å².